The van der Waals surface area contributed by atoms with Crippen molar-refractivity contribution in [3.05, 3.63) is 0 Å². The Morgan fingerprint density at radius 3 is 2.47 bits per heavy atom. The Hall–Kier alpha value is -0.430. The average molecular weight is 272 g/mol. The summed E-state index contributed by atoms with van der Waals surface area (Å²) in [5, 5.41) is 0. The van der Waals surface area contributed by atoms with Gasteiger partial charge in [0.05, 0.1) is 6.04 Å². The fourth-order valence-corrected chi connectivity index (χ4v) is 1.85. The molecule has 0 fully saturated rings. The van der Waals surface area contributed by atoms with Crippen molar-refractivity contribution in [1.82, 2.24) is 4.90 Å². The van der Waals surface area contributed by atoms with Crippen molar-refractivity contribution >= 4 is 17.7 Å². The summed E-state index contributed by atoms with van der Waals surface area (Å²) >= 11 is 1.51. The number of thioether (sulfide) groups is 1. The van der Waals surface area contributed by atoms with Gasteiger partial charge < -0.3 is 10.6 Å². The van der Waals surface area contributed by atoms with E-state index in [1.165, 1.54) is 11.8 Å². The fraction of sp³-hybridized carbons (Fsp3) is 0.900. The summed E-state index contributed by atoms with van der Waals surface area (Å²) in [7, 11) is 0. The van der Waals surface area contributed by atoms with Gasteiger partial charge >= 0.3 is 6.18 Å². The number of alkyl halides is 3. The number of amides is 1. The first-order valence-electron chi connectivity index (χ1n) is 5.41. The topological polar surface area (TPSA) is 46.3 Å². The lowest BCUT2D eigenvalue weighted by Gasteiger charge is -2.26. The van der Waals surface area contributed by atoms with E-state index in [1.807, 2.05) is 6.26 Å². The van der Waals surface area contributed by atoms with Crippen LogP contribution in [0, 0.1) is 0 Å². The van der Waals surface area contributed by atoms with Crippen molar-refractivity contribution in [3.63, 3.8) is 0 Å². The molecule has 0 aromatic rings. The van der Waals surface area contributed by atoms with E-state index in [0.717, 1.165) is 4.90 Å². The Morgan fingerprint density at radius 1 is 1.47 bits per heavy atom. The molecule has 0 saturated carbocycles. The van der Waals surface area contributed by atoms with E-state index in [2.05, 4.69) is 0 Å². The monoisotopic (exact) mass is 272 g/mol. The molecule has 0 aliphatic rings. The van der Waals surface area contributed by atoms with Gasteiger partial charge in [-0.1, -0.05) is 6.92 Å². The maximum atomic E-state index is 12.3. The van der Waals surface area contributed by atoms with Crippen molar-refractivity contribution in [2.24, 2.45) is 5.73 Å². The molecule has 0 spiro atoms. The normalized spacial score (nSPS) is 13.5. The van der Waals surface area contributed by atoms with Crippen molar-refractivity contribution in [2.45, 2.75) is 32.0 Å². The second kappa shape index (κ2) is 7.81. The van der Waals surface area contributed by atoms with E-state index < -0.39 is 24.7 Å². The van der Waals surface area contributed by atoms with Crippen molar-refractivity contribution in [1.29, 1.82) is 0 Å². The lowest BCUT2D eigenvalue weighted by molar-refractivity contribution is -0.162. The summed E-state index contributed by atoms with van der Waals surface area (Å²) in [5.74, 6) is 0.0528. The van der Waals surface area contributed by atoms with Gasteiger partial charge in [0.25, 0.3) is 0 Å². The number of hydrogen-bond acceptors (Lipinski definition) is 3. The Kier molecular flexibility index (Phi) is 7.61. The lowest BCUT2D eigenvalue weighted by Crippen LogP contribution is -2.47. The second-order valence-corrected chi connectivity index (χ2v) is 4.75. The highest BCUT2D eigenvalue weighted by molar-refractivity contribution is 7.98. The Labute approximate surface area is 104 Å². The van der Waals surface area contributed by atoms with Gasteiger partial charge in [-0.15, -0.1) is 0 Å². The van der Waals surface area contributed by atoms with Gasteiger partial charge in [0.1, 0.15) is 6.54 Å². The van der Waals surface area contributed by atoms with Gasteiger partial charge in [-0.2, -0.15) is 24.9 Å². The molecule has 0 rings (SSSR count). The molecule has 0 radical (unpaired) electrons. The summed E-state index contributed by atoms with van der Waals surface area (Å²) in [6, 6.07) is -0.837. The minimum absolute atomic E-state index is 0.0886. The predicted molar refractivity (Wildman–Crippen MR) is 63.9 cm³/mol. The van der Waals surface area contributed by atoms with E-state index in [0.29, 0.717) is 18.6 Å². The molecule has 0 aliphatic carbocycles. The molecule has 102 valence electrons. The summed E-state index contributed by atoms with van der Waals surface area (Å²) in [4.78, 5) is 12.5. The number of rotatable bonds is 7. The van der Waals surface area contributed by atoms with Crippen molar-refractivity contribution < 1.29 is 18.0 Å². The van der Waals surface area contributed by atoms with Crippen LogP contribution in [0.1, 0.15) is 19.8 Å². The minimum atomic E-state index is -4.37. The van der Waals surface area contributed by atoms with Gasteiger partial charge in [0, 0.05) is 6.54 Å². The molecular weight excluding hydrogens is 253 g/mol. The van der Waals surface area contributed by atoms with Crippen LogP contribution in [0.4, 0.5) is 13.2 Å². The Morgan fingerprint density at radius 2 is 2.06 bits per heavy atom. The summed E-state index contributed by atoms with van der Waals surface area (Å²) < 4.78 is 36.8. The molecule has 7 heteroatoms. The number of hydrogen-bond donors (Lipinski definition) is 1. The van der Waals surface area contributed by atoms with Gasteiger partial charge in [0.15, 0.2) is 0 Å². The van der Waals surface area contributed by atoms with Crippen molar-refractivity contribution in [2.75, 3.05) is 25.1 Å². The van der Waals surface area contributed by atoms with E-state index in [9.17, 15) is 18.0 Å². The predicted octanol–water partition coefficient (Wildman–Crippen LogP) is 1.87. The zero-order chi connectivity index (χ0) is 13.5. The number of carbonyl (C=O) groups excluding carboxylic acids is 1. The third-order valence-corrected chi connectivity index (χ3v) is 2.77. The van der Waals surface area contributed by atoms with E-state index in [-0.39, 0.29) is 6.54 Å². The molecule has 17 heavy (non-hydrogen) atoms. The zero-order valence-corrected chi connectivity index (χ0v) is 10.9. The average Bonchev–Trinajstić information content (AvgIpc) is 2.22. The second-order valence-electron chi connectivity index (χ2n) is 3.76. The van der Waals surface area contributed by atoms with Crippen LogP contribution >= 0.6 is 11.8 Å². The van der Waals surface area contributed by atoms with Crippen LogP contribution in [0.5, 0.6) is 0 Å². The van der Waals surface area contributed by atoms with Gasteiger partial charge in [-0.3, -0.25) is 4.79 Å². The molecule has 3 nitrogen and oxygen atoms in total. The highest BCUT2D eigenvalue weighted by Gasteiger charge is 2.33. The highest BCUT2D eigenvalue weighted by Crippen LogP contribution is 2.17. The van der Waals surface area contributed by atoms with E-state index in [1.54, 1.807) is 6.92 Å². The molecule has 0 saturated heterocycles. The van der Waals surface area contributed by atoms with Crippen LogP contribution in [0.25, 0.3) is 0 Å². The molecule has 2 N–H and O–H groups in total. The highest BCUT2D eigenvalue weighted by atomic mass is 32.2. The first-order chi connectivity index (χ1) is 7.81. The number of nitrogens with zero attached hydrogens (tertiary/aromatic N) is 1. The Balaban J connectivity index is 4.42. The molecule has 0 aliphatic heterocycles. The SMILES string of the molecule is CCCN(CC(F)(F)F)C(=O)[C@@H](N)CCSC. The number of nitrogens with two attached hydrogens (primary N) is 1. The fourth-order valence-electron chi connectivity index (χ4n) is 1.36. The molecule has 0 bridgehead atoms. The van der Waals surface area contributed by atoms with Crippen molar-refractivity contribution in [3.8, 4) is 0 Å². The van der Waals surface area contributed by atoms with E-state index in [4.69, 9.17) is 5.73 Å². The maximum Gasteiger partial charge on any atom is 0.406 e. The van der Waals surface area contributed by atoms with Crippen LogP contribution in [0.2, 0.25) is 0 Å². The van der Waals surface area contributed by atoms with Crippen LogP contribution in [0.3, 0.4) is 0 Å². The third kappa shape index (κ3) is 7.49. The van der Waals surface area contributed by atoms with Crippen LogP contribution in [-0.4, -0.2) is 48.1 Å². The van der Waals surface area contributed by atoms with Gasteiger partial charge in [-0.25, -0.2) is 0 Å². The molecule has 1 amide bonds. The molecule has 0 aromatic carbocycles. The van der Waals surface area contributed by atoms with Crippen LogP contribution in [0.15, 0.2) is 0 Å². The van der Waals surface area contributed by atoms with Gasteiger partial charge in [0.2, 0.25) is 5.91 Å². The van der Waals surface area contributed by atoms with E-state index >= 15 is 0 Å². The molecule has 0 unspecified atom stereocenters. The van der Waals surface area contributed by atoms with Gasteiger partial charge in [-0.05, 0) is 24.9 Å². The maximum absolute atomic E-state index is 12.3. The molecule has 0 heterocycles. The smallest absolute Gasteiger partial charge is 0.332 e. The standard InChI is InChI=1S/C10H19F3N2OS/c1-3-5-15(7-10(11,12)13)9(16)8(14)4-6-17-2/h8H,3-7,14H2,1-2H3/t8-/m0/s1. The molecule has 1 atom stereocenters. The number of carbonyl (C=O) groups is 1. The largest absolute Gasteiger partial charge is 0.406 e. The first kappa shape index (κ1) is 16.6. The summed E-state index contributed by atoms with van der Waals surface area (Å²) in [5.41, 5.74) is 5.58. The first-order valence-corrected chi connectivity index (χ1v) is 6.81. The quantitative estimate of drug-likeness (QED) is 0.769. The minimum Gasteiger partial charge on any atom is -0.332 e. The Bertz CT molecular complexity index is 236. The number of halogens is 3. The summed E-state index contributed by atoms with van der Waals surface area (Å²) in [6.45, 7) is 0.599. The third-order valence-electron chi connectivity index (χ3n) is 2.13. The zero-order valence-electron chi connectivity index (χ0n) is 10.1. The molecule has 0 aromatic heterocycles. The molecular formula is C10H19F3N2OS. The van der Waals surface area contributed by atoms with Crippen LogP contribution in [-0.2, 0) is 4.79 Å². The lowest BCUT2D eigenvalue weighted by atomic mass is 10.2. The van der Waals surface area contributed by atoms with Crippen LogP contribution < -0.4 is 5.73 Å². The summed E-state index contributed by atoms with van der Waals surface area (Å²) in [6.07, 6.45) is -1.63.